The number of likely N-dealkylation sites (tertiary alicyclic amines) is 1. The molecule has 31 heavy (non-hydrogen) atoms. The molecular weight excluding hydrogens is 390 g/mol. The van der Waals surface area contributed by atoms with Crippen LogP contribution in [0.25, 0.3) is 5.69 Å². The molecule has 1 amide bonds. The molecule has 0 bridgehead atoms. The average Bonchev–Trinajstić information content (AvgIpc) is 3.48. The fourth-order valence-electron chi connectivity index (χ4n) is 4.92. The van der Waals surface area contributed by atoms with Crippen LogP contribution < -0.4 is 4.90 Å². The minimum absolute atomic E-state index is 0.00978. The number of rotatable bonds is 3. The van der Waals surface area contributed by atoms with E-state index < -0.39 is 0 Å². The molecule has 2 aliphatic heterocycles. The number of anilines is 1. The lowest BCUT2D eigenvalue weighted by Crippen LogP contribution is -2.54. The van der Waals surface area contributed by atoms with Crippen molar-refractivity contribution in [2.45, 2.75) is 31.8 Å². The van der Waals surface area contributed by atoms with Crippen LogP contribution in [0.2, 0.25) is 0 Å². The SMILES string of the molecule is C[C@@H]1C[C@H]2CCN(c3cc(C#N)ccn3)[C@H]2CN1C(=O)c1ccccc1-n1nccn1. The van der Waals surface area contributed by atoms with Crippen molar-refractivity contribution >= 4 is 11.7 Å². The van der Waals surface area contributed by atoms with E-state index in [0.717, 1.165) is 25.2 Å². The maximum Gasteiger partial charge on any atom is 0.256 e. The Morgan fingerprint density at radius 1 is 1.16 bits per heavy atom. The highest BCUT2D eigenvalue weighted by Crippen LogP contribution is 2.37. The predicted molar refractivity (Wildman–Crippen MR) is 115 cm³/mol. The minimum atomic E-state index is -0.00978. The quantitative estimate of drug-likeness (QED) is 0.656. The van der Waals surface area contributed by atoms with Gasteiger partial charge in [-0.25, -0.2) is 4.98 Å². The first-order chi connectivity index (χ1) is 15.2. The number of nitriles is 1. The fourth-order valence-corrected chi connectivity index (χ4v) is 4.92. The summed E-state index contributed by atoms with van der Waals surface area (Å²) in [7, 11) is 0. The molecular formula is C23H23N7O. The standard InChI is InChI=1S/C23H23N7O/c1-16-12-18-7-11-28(22-13-17(14-24)6-8-25-22)21(18)15-29(16)23(31)19-4-2-3-5-20(19)30-26-9-10-27-30/h2-6,8-10,13,16,18,21H,7,11-12,15H2,1H3/t16-,18-,21+/m1/s1. The Bertz CT molecular complexity index is 1140. The van der Waals surface area contributed by atoms with Gasteiger partial charge in [-0.3, -0.25) is 4.79 Å². The Labute approximate surface area is 180 Å². The van der Waals surface area contributed by atoms with Crippen molar-refractivity contribution in [1.82, 2.24) is 24.9 Å². The Kier molecular flexibility index (Phi) is 4.86. The molecule has 5 rings (SSSR count). The second-order valence-corrected chi connectivity index (χ2v) is 8.20. The number of carbonyl (C=O) groups is 1. The van der Waals surface area contributed by atoms with Crippen molar-refractivity contribution in [3.05, 3.63) is 66.1 Å². The van der Waals surface area contributed by atoms with E-state index in [1.54, 1.807) is 24.7 Å². The number of hydrogen-bond acceptors (Lipinski definition) is 6. The van der Waals surface area contributed by atoms with Gasteiger partial charge >= 0.3 is 0 Å². The third-order valence-corrected chi connectivity index (χ3v) is 6.44. The van der Waals surface area contributed by atoms with E-state index in [1.165, 1.54) is 4.80 Å². The molecule has 0 radical (unpaired) electrons. The summed E-state index contributed by atoms with van der Waals surface area (Å²) in [4.78, 5) is 23.9. The van der Waals surface area contributed by atoms with Crippen molar-refractivity contribution in [2.24, 2.45) is 5.92 Å². The Morgan fingerprint density at radius 3 is 2.77 bits per heavy atom. The highest BCUT2D eigenvalue weighted by Gasteiger charge is 2.43. The fraction of sp³-hybridized carbons (Fsp3) is 0.348. The maximum absolute atomic E-state index is 13.6. The van der Waals surface area contributed by atoms with Crippen molar-refractivity contribution < 1.29 is 4.79 Å². The van der Waals surface area contributed by atoms with E-state index in [2.05, 4.69) is 33.1 Å². The second kappa shape index (κ2) is 7.84. The molecule has 0 aliphatic carbocycles. The third-order valence-electron chi connectivity index (χ3n) is 6.44. The van der Waals surface area contributed by atoms with E-state index in [0.29, 0.717) is 29.3 Å². The lowest BCUT2D eigenvalue weighted by molar-refractivity contribution is 0.0560. The average molecular weight is 413 g/mol. The van der Waals surface area contributed by atoms with Crippen LogP contribution in [0.5, 0.6) is 0 Å². The number of aromatic nitrogens is 4. The number of nitrogens with zero attached hydrogens (tertiary/aromatic N) is 7. The molecule has 0 spiro atoms. The van der Waals surface area contributed by atoms with Crippen molar-refractivity contribution in [1.29, 1.82) is 5.26 Å². The molecule has 156 valence electrons. The van der Waals surface area contributed by atoms with Crippen LogP contribution >= 0.6 is 0 Å². The van der Waals surface area contributed by atoms with Gasteiger partial charge in [-0.2, -0.15) is 20.3 Å². The van der Waals surface area contributed by atoms with E-state index in [-0.39, 0.29) is 18.0 Å². The summed E-state index contributed by atoms with van der Waals surface area (Å²) in [5.41, 5.74) is 1.88. The van der Waals surface area contributed by atoms with Gasteiger partial charge in [-0.15, -0.1) is 0 Å². The van der Waals surface area contributed by atoms with Crippen LogP contribution in [0.1, 0.15) is 35.7 Å². The van der Waals surface area contributed by atoms with Gasteiger partial charge in [0.1, 0.15) is 5.82 Å². The largest absolute Gasteiger partial charge is 0.352 e. The zero-order valence-electron chi connectivity index (χ0n) is 17.3. The topological polar surface area (TPSA) is 90.9 Å². The third kappa shape index (κ3) is 3.42. The van der Waals surface area contributed by atoms with Crippen molar-refractivity contribution in [3.8, 4) is 11.8 Å². The first-order valence-corrected chi connectivity index (χ1v) is 10.5. The molecule has 8 nitrogen and oxygen atoms in total. The zero-order chi connectivity index (χ0) is 21.4. The first kappa shape index (κ1) is 19.2. The van der Waals surface area contributed by atoms with Gasteiger partial charge in [0, 0.05) is 25.3 Å². The zero-order valence-corrected chi connectivity index (χ0v) is 17.3. The van der Waals surface area contributed by atoms with Gasteiger partial charge in [-0.1, -0.05) is 12.1 Å². The predicted octanol–water partition coefficient (Wildman–Crippen LogP) is 2.66. The molecule has 0 N–H and O–H groups in total. The molecule has 3 atom stereocenters. The van der Waals surface area contributed by atoms with Gasteiger partial charge in [0.2, 0.25) is 0 Å². The summed E-state index contributed by atoms with van der Waals surface area (Å²) >= 11 is 0. The Balaban J connectivity index is 1.44. The molecule has 8 heteroatoms. The summed E-state index contributed by atoms with van der Waals surface area (Å²) in [6.07, 6.45) is 6.92. The molecule has 2 saturated heterocycles. The molecule has 1 aromatic carbocycles. The van der Waals surface area contributed by atoms with Gasteiger partial charge < -0.3 is 9.80 Å². The number of hydrogen-bond donors (Lipinski definition) is 0. The Hall–Kier alpha value is -3.73. The van der Waals surface area contributed by atoms with E-state index >= 15 is 0 Å². The number of benzene rings is 1. The van der Waals surface area contributed by atoms with E-state index in [1.807, 2.05) is 35.2 Å². The number of carbonyl (C=O) groups excluding carboxylic acids is 1. The van der Waals surface area contributed by atoms with Crippen LogP contribution in [-0.4, -0.2) is 56.0 Å². The van der Waals surface area contributed by atoms with E-state index in [9.17, 15) is 10.1 Å². The van der Waals surface area contributed by atoms with Crippen LogP contribution in [0.4, 0.5) is 5.82 Å². The monoisotopic (exact) mass is 413 g/mol. The van der Waals surface area contributed by atoms with Gasteiger partial charge in [0.05, 0.1) is 41.3 Å². The molecule has 3 aromatic rings. The lowest BCUT2D eigenvalue weighted by atomic mass is 9.87. The van der Waals surface area contributed by atoms with Crippen LogP contribution in [0.15, 0.2) is 55.0 Å². The molecule has 2 fully saturated rings. The summed E-state index contributed by atoms with van der Waals surface area (Å²) in [6.45, 7) is 3.64. The molecule has 0 saturated carbocycles. The highest BCUT2D eigenvalue weighted by atomic mass is 16.2. The number of para-hydroxylation sites is 1. The second-order valence-electron chi connectivity index (χ2n) is 8.20. The molecule has 2 aliphatic rings. The first-order valence-electron chi connectivity index (χ1n) is 10.5. The van der Waals surface area contributed by atoms with Gasteiger partial charge in [-0.05, 0) is 49.9 Å². The number of amides is 1. The molecule has 0 unspecified atom stereocenters. The van der Waals surface area contributed by atoms with Crippen LogP contribution in [-0.2, 0) is 0 Å². The van der Waals surface area contributed by atoms with Gasteiger partial charge in [0.25, 0.3) is 5.91 Å². The number of pyridine rings is 1. The molecule has 4 heterocycles. The van der Waals surface area contributed by atoms with Crippen LogP contribution in [0, 0.1) is 17.2 Å². The summed E-state index contributed by atoms with van der Waals surface area (Å²) in [6, 6.07) is 13.5. The lowest BCUT2D eigenvalue weighted by Gasteiger charge is -2.43. The normalized spacial score (nSPS) is 22.8. The van der Waals surface area contributed by atoms with Crippen molar-refractivity contribution in [3.63, 3.8) is 0 Å². The highest BCUT2D eigenvalue weighted by molar-refractivity contribution is 5.98. The maximum atomic E-state index is 13.6. The number of fused-ring (bicyclic) bond motifs is 1. The summed E-state index contributed by atoms with van der Waals surface area (Å²) in [5, 5.41) is 17.7. The smallest absolute Gasteiger partial charge is 0.256 e. The van der Waals surface area contributed by atoms with Crippen molar-refractivity contribution in [2.75, 3.05) is 18.0 Å². The summed E-state index contributed by atoms with van der Waals surface area (Å²) in [5.74, 6) is 1.31. The summed E-state index contributed by atoms with van der Waals surface area (Å²) < 4.78 is 0. The van der Waals surface area contributed by atoms with Crippen LogP contribution in [0.3, 0.4) is 0 Å². The number of piperidine rings is 1. The minimum Gasteiger partial charge on any atom is -0.352 e. The Morgan fingerprint density at radius 2 is 1.97 bits per heavy atom. The van der Waals surface area contributed by atoms with Gasteiger partial charge in [0.15, 0.2) is 0 Å². The molecule has 2 aromatic heterocycles. The van der Waals surface area contributed by atoms with E-state index in [4.69, 9.17) is 0 Å².